The summed E-state index contributed by atoms with van der Waals surface area (Å²) in [5, 5.41) is 19.5. The fourth-order valence-corrected chi connectivity index (χ4v) is 4.91. The molecule has 7 nitrogen and oxygen atoms in total. The SMILES string of the molecule is CC(c1ccc(C(=O)NCCC(=O)O)cc1)n1nc(-c2cc(Cl)cc(Cl)c2)cc1-c1cc2ccccc2cn1. The van der Waals surface area contributed by atoms with Gasteiger partial charge in [0, 0.05) is 39.3 Å². The first-order valence-electron chi connectivity index (χ1n) is 12.3. The second kappa shape index (κ2) is 11.3. The van der Waals surface area contributed by atoms with Crippen LogP contribution in [-0.2, 0) is 4.79 Å². The highest BCUT2D eigenvalue weighted by molar-refractivity contribution is 6.35. The van der Waals surface area contributed by atoms with Gasteiger partial charge in [0.25, 0.3) is 5.91 Å². The Morgan fingerprint density at radius 3 is 2.31 bits per heavy atom. The van der Waals surface area contributed by atoms with Crippen molar-refractivity contribution >= 4 is 45.9 Å². The number of pyridine rings is 1. The summed E-state index contributed by atoms with van der Waals surface area (Å²) in [4.78, 5) is 27.8. The van der Waals surface area contributed by atoms with E-state index in [-0.39, 0.29) is 24.9 Å². The van der Waals surface area contributed by atoms with Gasteiger partial charge in [0.2, 0.25) is 0 Å². The number of hydrogen-bond donors (Lipinski definition) is 2. The number of rotatable bonds is 8. The molecule has 2 heterocycles. The maximum Gasteiger partial charge on any atom is 0.305 e. The normalized spacial score (nSPS) is 11.9. The number of amides is 1. The van der Waals surface area contributed by atoms with Crippen LogP contribution in [0.3, 0.4) is 0 Å². The van der Waals surface area contributed by atoms with Gasteiger partial charge in [-0.25, -0.2) is 0 Å². The van der Waals surface area contributed by atoms with E-state index in [0.717, 1.165) is 33.3 Å². The van der Waals surface area contributed by atoms with E-state index in [0.29, 0.717) is 21.3 Å². The highest BCUT2D eigenvalue weighted by Crippen LogP contribution is 2.33. The van der Waals surface area contributed by atoms with Gasteiger partial charge in [0.15, 0.2) is 0 Å². The average molecular weight is 559 g/mol. The minimum Gasteiger partial charge on any atom is -0.481 e. The lowest BCUT2D eigenvalue weighted by Gasteiger charge is -2.17. The number of nitrogens with one attached hydrogen (secondary N) is 1. The van der Waals surface area contributed by atoms with Crippen molar-refractivity contribution < 1.29 is 14.7 Å². The molecule has 0 bridgehead atoms. The first kappa shape index (κ1) is 26.4. The molecule has 0 aliphatic heterocycles. The summed E-state index contributed by atoms with van der Waals surface area (Å²) in [6.07, 6.45) is 1.71. The van der Waals surface area contributed by atoms with Gasteiger partial charge >= 0.3 is 5.97 Å². The average Bonchev–Trinajstić information content (AvgIpc) is 3.37. The van der Waals surface area contributed by atoms with Crippen molar-refractivity contribution in [1.29, 1.82) is 0 Å². The highest BCUT2D eigenvalue weighted by Gasteiger charge is 2.20. The van der Waals surface area contributed by atoms with E-state index in [1.165, 1.54) is 0 Å². The van der Waals surface area contributed by atoms with E-state index in [1.54, 1.807) is 18.2 Å². The zero-order valence-corrected chi connectivity index (χ0v) is 22.4. The lowest BCUT2D eigenvalue weighted by atomic mass is 10.0. The molecule has 1 unspecified atom stereocenters. The van der Waals surface area contributed by atoms with Crippen LogP contribution in [0.25, 0.3) is 33.4 Å². The molecule has 0 aliphatic carbocycles. The molecule has 0 radical (unpaired) electrons. The summed E-state index contributed by atoms with van der Waals surface area (Å²) in [6, 6.07) is 24.3. The number of carbonyl (C=O) groups is 2. The van der Waals surface area contributed by atoms with Gasteiger partial charge in [-0.2, -0.15) is 5.10 Å². The number of hydrogen-bond acceptors (Lipinski definition) is 4. The highest BCUT2D eigenvalue weighted by atomic mass is 35.5. The maximum absolute atomic E-state index is 12.4. The third-order valence-corrected chi connectivity index (χ3v) is 6.87. The summed E-state index contributed by atoms with van der Waals surface area (Å²) in [5.74, 6) is -1.29. The smallest absolute Gasteiger partial charge is 0.305 e. The number of fused-ring (bicyclic) bond motifs is 1. The van der Waals surface area contributed by atoms with E-state index in [9.17, 15) is 9.59 Å². The molecule has 5 rings (SSSR count). The van der Waals surface area contributed by atoms with E-state index in [4.69, 9.17) is 38.4 Å². The maximum atomic E-state index is 12.4. The zero-order chi connectivity index (χ0) is 27.5. The first-order chi connectivity index (χ1) is 18.8. The van der Waals surface area contributed by atoms with Gasteiger partial charge in [-0.15, -0.1) is 0 Å². The monoisotopic (exact) mass is 558 g/mol. The molecule has 1 amide bonds. The van der Waals surface area contributed by atoms with Crippen molar-refractivity contribution in [3.05, 3.63) is 106 Å². The molecule has 5 aromatic rings. The van der Waals surface area contributed by atoms with Crippen LogP contribution in [0.4, 0.5) is 0 Å². The summed E-state index contributed by atoms with van der Waals surface area (Å²) >= 11 is 12.6. The zero-order valence-electron chi connectivity index (χ0n) is 20.9. The van der Waals surface area contributed by atoms with Crippen LogP contribution in [0, 0.1) is 0 Å². The number of carboxylic acid groups (broad SMARTS) is 1. The van der Waals surface area contributed by atoms with Crippen LogP contribution < -0.4 is 5.32 Å². The lowest BCUT2D eigenvalue weighted by Crippen LogP contribution is -2.26. The number of nitrogens with zero attached hydrogens (tertiary/aromatic N) is 3. The molecular formula is C30H24Cl2N4O3. The van der Waals surface area contributed by atoms with Crippen molar-refractivity contribution in [3.63, 3.8) is 0 Å². The number of aliphatic carboxylic acids is 1. The molecule has 2 N–H and O–H groups in total. The Balaban J connectivity index is 1.52. The molecule has 0 fully saturated rings. The topological polar surface area (TPSA) is 97.1 Å². The largest absolute Gasteiger partial charge is 0.481 e. The Labute approximate surface area is 235 Å². The third kappa shape index (κ3) is 5.95. The second-order valence-electron chi connectivity index (χ2n) is 9.13. The van der Waals surface area contributed by atoms with Gasteiger partial charge in [-0.05, 0) is 60.3 Å². The van der Waals surface area contributed by atoms with Gasteiger partial charge in [0.1, 0.15) is 0 Å². The Morgan fingerprint density at radius 2 is 1.62 bits per heavy atom. The van der Waals surface area contributed by atoms with Crippen molar-refractivity contribution in [2.75, 3.05) is 6.54 Å². The molecule has 0 saturated carbocycles. The van der Waals surface area contributed by atoms with E-state index >= 15 is 0 Å². The van der Waals surface area contributed by atoms with Gasteiger partial charge in [-0.3, -0.25) is 19.3 Å². The summed E-state index contributed by atoms with van der Waals surface area (Å²) in [5.41, 5.74) is 4.44. The number of benzene rings is 3. The van der Waals surface area contributed by atoms with Crippen LogP contribution in [0.15, 0.2) is 85.1 Å². The van der Waals surface area contributed by atoms with Crippen molar-refractivity contribution in [3.8, 4) is 22.6 Å². The molecule has 3 aromatic carbocycles. The predicted octanol–water partition coefficient (Wildman–Crippen LogP) is 6.89. The Bertz CT molecular complexity index is 1660. The van der Waals surface area contributed by atoms with Crippen molar-refractivity contribution in [2.24, 2.45) is 0 Å². The number of carbonyl (C=O) groups excluding carboxylic acids is 1. The van der Waals surface area contributed by atoms with Crippen LogP contribution in [0.1, 0.15) is 35.3 Å². The molecule has 0 saturated heterocycles. The fourth-order valence-electron chi connectivity index (χ4n) is 4.39. The Morgan fingerprint density at radius 1 is 0.923 bits per heavy atom. The van der Waals surface area contributed by atoms with Crippen LogP contribution in [0.5, 0.6) is 0 Å². The van der Waals surface area contributed by atoms with Gasteiger partial charge < -0.3 is 10.4 Å². The number of aromatic nitrogens is 3. The lowest BCUT2D eigenvalue weighted by molar-refractivity contribution is -0.136. The Kier molecular flexibility index (Phi) is 7.63. The standard InChI is InChI=1S/C30H24Cl2N4O3/c1-18(19-6-8-20(9-7-19)30(39)33-11-10-29(37)38)36-28(27-14-21-4-2-3-5-22(21)17-34-27)16-26(35-36)23-12-24(31)15-25(32)13-23/h2-9,12-18H,10-11H2,1H3,(H,33,39)(H,37,38). The Hall–Kier alpha value is -4.20. The summed E-state index contributed by atoms with van der Waals surface area (Å²) < 4.78 is 1.91. The minimum absolute atomic E-state index is 0.0675. The van der Waals surface area contributed by atoms with Crippen molar-refractivity contribution in [1.82, 2.24) is 20.1 Å². The van der Waals surface area contributed by atoms with Crippen LogP contribution in [-0.4, -0.2) is 38.3 Å². The summed E-state index contributed by atoms with van der Waals surface area (Å²) in [7, 11) is 0. The molecule has 196 valence electrons. The molecule has 39 heavy (non-hydrogen) atoms. The molecular weight excluding hydrogens is 535 g/mol. The number of carboxylic acids is 1. The second-order valence-corrected chi connectivity index (χ2v) is 10.0. The summed E-state index contributed by atoms with van der Waals surface area (Å²) in [6.45, 7) is 2.09. The van der Waals surface area contributed by atoms with Gasteiger partial charge in [-0.1, -0.05) is 59.6 Å². The van der Waals surface area contributed by atoms with E-state index in [2.05, 4.69) is 5.32 Å². The fraction of sp³-hybridized carbons (Fsp3) is 0.133. The molecule has 9 heteroatoms. The van der Waals surface area contributed by atoms with E-state index in [1.807, 2.05) is 78.5 Å². The minimum atomic E-state index is -0.963. The molecule has 1 atom stereocenters. The molecule has 0 aliphatic rings. The molecule has 2 aromatic heterocycles. The van der Waals surface area contributed by atoms with Crippen molar-refractivity contribution in [2.45, 2.75) is 19.4 Å². The van der Waals surface area contributed by atoms with Gasteiger partial charge in [0.05, 0.1) is 29.5 Å². The third-order valence-electron chi connectivity index (χ3n) is 6.43. The first-order valence-corrected chi connectivity index (χ1v) is 13.1. The predicted molar refractivity (Wildman–Crippen MR) is 153 cm³/mol. The van der Waals surface area contributed by atoms with Crippen LogP contribution >= 0.6 is 23.2 Å². The van der Waals surface area contributed by atoms with Crippen LogP contribution in [0.2, 0.25) is 10.0 Å². The quantitative estimate of drug-likeness (QED) is 0.216. The number of halogens is 2. The van der Waals surface area contributed by atoms with E-state index < -0.39 is 5.97 Å². The molecule has 0 spiro atoms.